The zero-order valence-electron chi connectivity index (χ0n) is 14.8. The summed E-state index contributed by atoms with van der Waals surface area (Å²) in [6, 6.07) is 13.6. The lowest BCUT2D eigenvalue weighted by Gasteiger charge is -2.19. The van der Waals surface area contributed by atoms with Crippen LogP contribution in [0.15, 0.2) is 53.5 Å². The lowest BCUT2D eigenvalue weighted by atomic mass is 9.97. The van der Waals surface area contributed by atoms with Gasteiger partial charge in [-0.05, 0) is 36.5 Å². The number of nitrogens with zero attached hydrogens (tertiary/aromatic N) is 2. The predicted octanol–water partition coefficient (Wildman–Crippen LogP) is 3.87. The minimum Gasteiger partial charge on any atom is -0.345 e. The quantitative estimate of drug-likeness (QED) is 0.773. The van der Waals surface area contributed by atoms with E-state index >= 15 is 0 Å². The third-order valence-electron chi connectivity index (χ3n) is 4.73. The number of rotatable bonds is 6. The number of hydrogen-bond acceptors (Lipinski definition) is 2. The molecule has 1 amide bonds. The highest BCUT2D eigenvalue weighted by molar-refractivity contribution is 6.02. The summed E-state index contributed by atoms with van der Waals surface area (Å²) in [4.78, 5) is 18.5. The van der Waals surface area contributed by atoms with E-state index < -0.39 is 11.6 Å². The number of likely N-dealkylation sites (N-methyl/N-ethyl adjacent to an activating group) is 1. The van der Waals surface area contributed by atoms with Crippen molar-refractivity contribution < 1.29 is 13.6 Å². The Morgan fingerprint density at radius 2 is 1.96 bits per heavy atom. The van der Waals surface area contributed by atoms with Crippen LogP contribution in [0.25, 0.3) is 0 Å². The van der Waals surface area contributed by atoms with Gasteiger partial charge < -0.3 is 4.90 Å². The van der Waals surface area contributed by atoms with E-state index in [0.29, 0.717) is 37.2 Å². The van der Waals surface area contributed by atoms with Gasteiger partial charge in [0.2, 0.25) is 5.91 Å². The number of amides is 1. The van der Waals surface area contributed by atoms with E-state index in [1.54, 1.807) is 4.90 Å². The number of carbonyl (C=O) groups excluding carboxylic acids is 1. The first kappa shape index (κ1) is 18.2. The summed E-state index contributed by atoms with van der Waals surface area (Å²) in [7, 11) is 1.81. The number of carbonyl (C=O) groups is 1. The molecule has 1 unspecified atom stereocenters. The smallest absolute Gasteiger partial charge is 0.222 e. The molecule has 1 aliphatic heterocycles. The van der Waals surface area contributed by atoms with Crippen molar-refractivity contribution in [3.8, 4) is 0 Å². The Morgan fingerprint density at radius 3 is 2.69 bits per heavy atom. The molecule has 0 N–H and O–H groups in total. The van der Waals surface area contributed by atoms with Gasteiger partial charge in [0.1, 0.15) is 11.6 Å². The largest absolute Gasteiger partial charge is 0.345 e. The first-order valence-corrected chi connectivity index (χ1v) is 8.79. The Bertz CT molecular complexity index is 805. The molecule has 26 heavy (non-hydrogen) atoms. The lowest BCUT2D eigenvalue weighted by molar-refractivity contribution is -0.130. The molecule has 0 saturated carbocycles. The summed E-state index contributed by atoms with van der Waals surface area (Å²) >= 11 is 0. The molecule has 0 bridgehead atoms. The Morgan fingerprint density at radius 1 is 1.19 bits per heavy atom. The Balaban J connectivity index is 1.50. The van der Waals surface area contributed by atoms with E-state index in [4.69, 9.17) is 0 Å². The monoisotopic (exact) mass is 356 g/mol. The first-order chi connectivity index (χ1) is 12.5. The van der Waals surface area contributed by atoms with Gasteiger partial charge in [-0.15, -0.1) is 0 Å². The van der Waals surface area contributed by atoms with Gasteiger partial charge in [0.25, 0.3) is 0 Å². The second-order valence-corrected chi connectivity index (χ2v) is 6.74. The molecule has 0 spiro atoms. The molecule has 2 aromatic carbocycles. The maximum absolute atomic E-state index is 13.9. The van der Waals surface area contributed by atoms with Crippen LogP contribution in [0.3, 0.4) is 0 Å². The van der Waals surface area contributed by atoms with Crippen molar-refractivity contribution in [2.45, 2.75) is 19.3 Å². The predicted molar refractivity (Wildman–Crippen MR) is 98.3 cm³/mol. The van der Waals surface area contributed by atoms with Crippen molar-refractivity contribution in [1.82, 2.24) is 4.90 Å². The van der Waals surface area contributed by atoms with Crippen molar-refractivity contribution in [3.63, 3.8) is 0 Å². The molecule has 3 nitrogen and oxygen atoms in total. The fourth-order valence-electron chi connectivity index (χ4n) is 3.17. The van der Waals surface area contributed by atoms with E-state index in [1.165, 1.54) is 17.7 Å². The van der Waals surface area contributed by atoms with Crippen LogP contribution in [0, 0.1) is 17.6 Å². The molecular weight excluding hydrogens is 334 g/mol. The van der Waals surface area contributed by atoms with Crippen LogP contribution in [-0.4, -0.2) is 36.7 Å². The molecule has 0 radical (unpaired) electrons. The third-order valence-corrected chi connectivity index (χ3v) is 4.73. The van der Waals surface area contributed by atoms with Gasteiger partial charge in [-0.2, -0.15) is 0 Å². The fraction of sp³-hybridized carbons (Fsp3) is 0.333. The summed E-state index contributed by atoms with van der Waals surface area (Å²) in [5, 5.41) is 0. The van der Waals surface area contributed by atoms with Gasteiger partial charge in [0, 0.05) is 43.9 Å². The molecule has 0 aliphatic carbocycles. The number of hydrogen-bond donors (Lipinski definition) is 0. The molecule has 136 valence electrons. The maximum Gasteiger partial charge on any atom is 0.222 e. The van der Waals surface area contributed by atoms with Crippen LogP contribution in [0.2, 0.25) is 0 Å². The zero-order chi connectivity index (χ0) is 18.5. The maximum atomic E-state index is 13.9. The van der Waals surface area contributed by atoms with E-state index in [-0.39, 0.29) is 11.8 Å². The van der Waals surface area contributed by atoms with Gasteiger partial charge >= 0.3 is 0 Å². The first-order valence-electron chi connectivity index (χ1n) is 8.79. The molecule has 3 rings (SSSR count). The molecular formula is C21H22F2N2O. The van der Waals surface area contributed by atoms with Gasteiger partial charge in [-0.25, -0.2) is 8.78 Å². The van der Waals surface area contributed by atoms with Crippen molar-refractivity contribution in [3.05, 3.63) is 71.3 Å². The lowest BCUT2D eigenvalue weighted by Crippen LogP contribution is -2.30. The summed E-state index contributed by atoms with van der Waals surface area (Å²) in [6.45, 7) is 1.17. The van der Waals surface area contributed by atoms with Crippen LogP contribution in [0.5, 0.6) is 0 Å². The second-order valence-electron chi connectivity index (χ2n) is 6.74. The summed E-state index contributed by atoms with van der Waals surface area (Å²) < 4.78 is 26.9. The van der Waals surface area contributed by atoms with Crippen molar-refractivity contribution in [2.75, 3.05) is 20.1 Å². The summed E-state index contributed by atoms with van der Waals surface area (Å²) in [6.07, 6.45) is 1.75. The minimum atomic E-state index is -0.601. The molecule has 0 saturated heterocycles. The highest BCUT2D eigenvalue weighted by Gasteiger charge is 2.25. The Labute approximate surface area is 152 Å². The van der Waals surface area contributed by atoms with E-state index in [1.807, 2.05) is 37.4 Å². The fourth-order valence-corrected chi connectivity index (χ4v) is 3.17. The normalized spacial score (nSPS) is 16.4. The van der Waals surface area contributed by atoms with Crippen molar-refractivity contribution >= 4 is 11.6 Å². The van der Waals surface area contributed by atoms with E-state index in [2.05, 4.69) is 4.99 Å². The standard InChI is InChI=1S/C21H22F2N2O/c1-25(10-9-15-5-3-2-4-6-15)21(26)12-16-11-20(24-14-16)18-8-7-17(22)13-19(18)23/h2-8,13,16H,9-12,14H2,1H3. The highest BCUT2D eigenvalue weighted by atomic mass is 19.1. The second kappa shape index (κ2) is 8.21. The number of aliphatic imine (C=N–C) groups is 1. The zero-order valence-corrected chi connectivity index (χ0v) is 14.8. The van der Waals surface area contributed by atoms with Crippen molar-refractivity contribution in [2.24, 2.45) is 10.9 Å². The number of benzene rings is 2. The summed E-state index contributed by atoms with van der Waals surface area (Å²) in [5.41, 5.74) is 2.15. The molecule has 5 heteroatoms. The van der Waals surface area contributed by atoms with Crippen LogP contribution in [0.4, 0.5) is 8.78 Å². The minimum absolute atomic E-state index is 0.0705. The van der Waals surface area contributed by atoms with Gasteiger partial charge in [0.15, 0.2) is 0 Å². The van der Waals surface area contributed by atoms with E-state index in [0.717, 1.165) is 12.5 Å². The van der Waals surface area contributed by atoms with Crippen LogP contribution in [-0.2, 0) is 11.2 Å². The third kappa shape index (κ3) is 4.54. The molecule has 1 atom stereocenters. The molecule has 1 aliphatic rings. The molecule has 0 fully saturated rings. The Kier molecular flexibility index (Phi) is 5.76. The topological polar surface area (TPSA) is 32.7 Å². The summed E-state index contributed by atoms with van der Waals surface area (Å²) in [5.74, 6) is -1.06. The van der Waals surface area contributed by atoms with Gasteiger partial charge in [0.05, 0.1) is 0 Å². The van der Waals surface area contributed by atoms with Crippen molar-refractivity contribution in [1.29, 1.82) is 0 Å². The van der Waals surface area contributed by atoms with Gasteiger partial charge in [-0.1, -0.05) is 30.3 Å². The van der Waals surface area contributed by atoms with E-state index in [9.17, 15) is 13.6 Å². The average molecular weight is 356 g/mol. The molecule has 0 aromatic heterocycles. The highest BCUT2D eigenvalue weighted by Crippen LogP contribution is 2.24. The van der Waals surface area contributed by atoms with Gasteiger partial charge in [-0.3, -0.25) is 9.79 Å². The SMILES string of the molecule is CN(CCc1ccccc1)C(=O)CC1CN=C(c2ccc(F)cc2F)C1. The molecule has 2 aromatic rings. The molecule has 1 heterocycles. The van der Waals surface area contributed by atoms with Crippen LogP contribution in [0.1, 0.15) is 24.0 Å². The average Bonchev–Trinajstić information content (AvgIpc) is 3.08. The van der Waals surface area contributed by atoms with Crippen LogP contribution >= 0.6 is 0 Å². The van der Waals surface area contributed by atoms with Crippen LogP contribution < -0.4 is 0 Å². The number of halogens is 2. The Hall–Kier alpha value is -2.56.